The number of aliphatic hydroxyl groups excluding tert-OH is 1. The molecule has 0 saturated carbocycles. The lowest BCUT2D eigenvalue weighted by molar-refractivity contribution is -0.132. The normalized spacial score (nSPS) is 17.3. The number of likely N-dealkylation sites (tertiary alicyclic amines) is 1. The van der Waals surface area contributed by atoms with Crippen LogP contribution in [-0.4, -0.2) is 47.6 Å². The maximum atomic E-state index is 13.4. The van der Waals surface area contributed by atoms with E-state index in [0.717, 1.165) is 25.0 Å². The smallest absolute Gasteiger partial charge is 0.254 e. The van der Waals surface area contributed by atoms with Crippen molar-refractivity contribution in [2.75, 3.05) is 19.7 Å². The monoisotopic (exact) mass is 326 g/mol. The van der Waals surface area contributed by atoms with Crippen molar-refractivity contribution < 1.29 is 23.5 Å². The summed E-state index contributed by atoms with van der Waals surface area (Å²) in [7, 11) is 0. The van der Waals surface area contributed by atoms with E-state index in [1.54, 1.807) is 4.90 Å². The molecule has 1 saturated heterocycles. The first kappa shape index (κ1) is 17.3. The van der Waals surface area contributed by atoms with Crippen molar-refractivity contribution in [3.05, 3.63) is 35.4 Å². The molecule has 2 N–H and O–H groups in total. The highest BCUT2D eigenvalue weighted by molar-refractivity contribution is 5.94. The van der Waals surface area contributed by atoms with Crippen molar-refractivity contribution in [2.24, 2.45) is 0 Å². The fourth-order valence-corrected chi connectivity index (χ4v) is 2.71. The fraction of sp³-hybridized carbons (Fsp3) is 0.500. The first-order chi connectivity index (χ1) is 11.0. The van der Waals surface area contributed by atoms with Gasteiger partial charge in [-0.05, 0) is 31.4 Å². The van der Waals surface area contributed by atoms with E-state index in [1.165, 1.54) is 0 Å². The minimum atomic E-state index is -0.915. The lowest BCUT2D eigenvalue weighted by Gasteiger charge is -2.23. The van der Waals surface area contributed by atoms with E-state index in [1.807, 2.05) is 0 Å². The van der Waals surface area contributed by atoms with Crippen LogP contribution in [0.15, 0.2) is 18.2 Å². The molecule has 0 aromatic heterocycles. The van der Waals surface area contributed by atoms with Crippen molar-refractivity contribution in [1.82, 2.24) is 10.2 Å². The topological polar surface area (TPSA) is 69.6 Å². The van der Waals surface area contributed by atoms with Gasteiger partial charge in [0.25, 0.3) is 5.91 Å². The van der Waals surface area contributed by atoms with Crippen molar-refractivity contribution in [1.29, 1.82) is 0 Å². The Labute approximate surface area is 133 Å². The molecule has 5 nitrogen and oxygen atoms in total. The van der Waals surface area contributed by atoms with Crippen LogP contribution >= 0.6 is 0 Å². The van der Waals surface area contributed by atoms with E-state index >= 15 is 0 Å². The zero-order valence-electron chi connectivity index (χ0n) is 12.7. The lowest BCUT2D eigenvalue weighted by Crippen LogP contribution is -2.38. The molecule has 7 heteroatoms. The Balaban J connectivity index is 1.74. The summed E-state index contributed by atoms with van der Waals surface area (Å²) in [6.45, 7) is 0.836. The van der Waals surface area contributed by atoms with Crippen LogP contribution in [0.5, 0.6) is 0 Å². The number of rotatable bonds is 6. The third-order valence-corrected chi connectivity index (χ3v) is 3.94. The zero-order valence-corrected chi connectivity index (χ0v) is 12.7. The number of hydrogen-bond donors (Lipinski definition) is 2. The Morgan fingerprint density at radius 1 is 1.35 bits per heavy atom. The molecule has 1 aromatic rings. The first-order valence-corrected chi connectivity index (χ1v) is 7.66. The molecule has 0 bridgehead atoms. The zero-order chi connectivity index (χ0) is 16.8. The Morgan fingerprint density at radius 3 is 2.83 bits per heavy atom. The Kier molecular flexibility index (Phi) is 6.04. The minimum Gasteiger partial charge on any atom is -0.394 e. The van der Waals surface area contributed by atoms with Gasteiger partial charge in [0.2, 0.25) is 5.91 Å². The van der Waals surface area contributed by atoms with Crippen molar-refractivity contribution in [3.63, 3.8) is 0 Å². The second kappa shape index (κ2) is 8.01. The van der Waals surface area contributed by atoms with Crippen LogP contribution in [0.2, 0.25) is 0 Å². The van der Waals surface area contributed by atoms with Gasteiger partial charge in [-0.25, -0.2) is 8.78 Å². The summed E-state index contributed by atoms with van der Waals surface area (Å²) in [4.78, 5) is 25.5. The maximum Gasteiger partial charge on any atom is 0.254 e. The summed E-state index contributed by atoms with van der Waals surface area (Å²) in [6, 6.07) is 2.65. The van der Waals surface area contributed by atoms with E-state index in [0.29, 0.717) is 19.0 Å². The molecule has 23 heavy (non-hydrogen) atoms. The molecule has 0 unspecified atom stereocenters. The molecule has 1 fully saturated rings. The number of amides is 2. The Bertz CT molecular complexity index is 580. The molecular weight excluding hydrogens is 306 g/mol. The highest BCUT2D eigenvalue weighted by Crippen LogP contribution is 2.18. The molecule has 0 spiro atoms. The van der Waals surface area contributed by atoms with E-state index in [-0.39, 0.29) is 37.1 Å². The van der Waals surface area contributed by atoms with Gasteiger partial charge >= 0.3 is 0 Å². The maximum absolute atomic E-state index is 13.4. The highest BCUT2D eigenvalue weighted by atomic mass is 19.1. The first-order valence-electron chi connectivity index (χ1n) is 7.66. The van der Waals surface area contributed by atoms with Gasteiger partial charge in [-0.1, -0.05) is 0 Å². The molecule has 0 aliphatic carbocycles. The van der Waals surface area contributed by atoms with Crippen LogP contribution in [0.25, 0.3) is 0 Å². The fourth-order valence-electron chi connectivity index (χ4n) is 2.71. The number of benzene rings is 1. The number of carbonyl (C=O) groups is 2. The van der Waals surface area contributed by atoms with Crippen LogP contribution in [0.1, 0.15) is 36.0 Å². The van der Waals surface area contributed by atoms with Gasteiger partial charge < -0.3 is 15.3 Å². The summed E-state index contributed by atoms with van der Waals surface area (Å²) in [5.74, 6) is -2.34. The Hall–Kier alpha value is -2.02. The standard InChI is InChI=1S/C16H20F2N2O3/c17-11-5-6-13(14(18)9-11)16(23)19-7-1-4-15(22)20-8-2-3-12(20)10-21/h5-6,9,12,21H,1-4,7-8,10H2,(H,19,23)/t12-/m1/s1. The van der Waals surface area contributed by atoms with Gasteiger partial charge in [0, 0.05) is 25.6 Å². The molecule has 2 amide bonds. The highest BCUT2D eigenvalue weighted by Gasteiger charge is 2.27. The molecule has 1 aliphatic rings. The summed E-state index contributed by atoms with van der Waals surface area (Å²) in [5, 5.41) is 11.7. The molecular formula is C16H20F2N2O3. The van der Waals surface area contributed by atoms with Crippen LogP contribution in [0.3, 0.4) is 0 Å². The van der Waals surface area contributed by atoms with Crippen LogP contribution in [0.4, 0.5) is 8.78 Å². The molecule has 0 radical (unpaired) electrons. The summed E-state index contributed by atoms with van der Waals surface area (Å²) in [5.41, 5.74) is -0.224. The summed E-state index contributed by atoms with van der Waals surface area (Å²) >= 11 is 0. The van der Waals surface area contributed by atoms with E-state index in [9.17, 15) is 23.5 Å². The van der Waals surface area contributed by atoms with E-state index < -0.39 is 17.5 Å². The SMILES string of the molecule is O=C(NCCCC(=O)N1CCC[C@@H]1CO)c1ccc(F)cc1F. The van der Waals surface area contributed by atoms with E-state index in [2.05, 4.69) is 5.32 Å². The van der Waals surface area contributed by atoms with Crippen molar-refractivity contribution in [3.8, 4) is 0 Å². The number of carbonyl (C=O) groups excluding carboxylic acids is 2. The number of hydrogen-bond acceptors (Lipinski definition) is 3. The van der Waals surface area contributed by atoms with Gasteiger partial charge in [0.15, 0.2) is 0 Å². The predicted molar refractivity (Wildman–Crippen MR) is 79.7 cm³/mol. The second-order valence-corrected chi connectivity index (χ2v) is 5.55. The van der Waals surface area contributed by atoms with Crippen LogP contribution in [0, 0.1) is 11.6 Å². The van der Waals surface area contributed by atoms with Crippen LogP contribution in [-0.2, 0) is 4.79 Å². The number of halogens is 2. The molecule has 126 valence electrons. The quantitative estimate of drug-likeness (QED) is 0.778. The molecule has 1 aliphatic heterocycles. The van der Waals surface area contributed by atoms with E-state index in [4.69, 9.17) is 0 Å². The molecule has 1 atom stereocenters. The summed E-state index contributed by atoms with van der Waals surface area (Å²) in [6.07, 6.45) is 2.37. The predicted octanol–water partition coefficient (Wildman–Crippen LogP) is 1.46. The average molecular weight is 326 g/mol. The lowest BCUT2D eigenvalue weighted by atomic mass is 10.2. The van der Waals surface area contributed by atoms with Gasteiger partial charge in [-0.15, -0.1) is 0 Å². The largest absolute Gasteiger partial charge is 0.394 e. The second-order valence-electron chi connectivity index (χ2n) is 5.55. The number of nitrogens with zero attached hydrogens (tertiary/aromatic N) is 1. The minimum absolute atomic E-state index is 0.0354. The summed E-state index contributed by atoms with van der Waals surface area (Å²) < 4.78 is 26.2. The third-order valence-electron chi connectivity index (χ3n) is 3.94. The van der Waals surface area contributed by atoms with Gasteiger partial charge in [0.1, 0.15) is 11.6 Å². The van der Waals surface area contributed by atoms with Crippen molar-refractivity contribution >= 4 is 11.8 Å². The number of aliphatic hydroxyl groups is 1. The van der Waals surface area contributed by atoms with Crippen LogP contribution < -0.4 is 5.32 Å². The number of nitrogens with one attached hydrogen (secondary N) is 1. The van der Waals surface area contributed by atoms with Gasteiger partial charge in [-0.2, -0.15) is 0 Å². The third kappa shape index (κ3) is 4.48. The molecule has 2 rings (SSSR count). The average Bonchev–Trinajstić information content (AvgIpc) is 2.99. The van der Waals surface area contributed by atoms with Gasteiger partial charge in [0.05, 0.1) is 18.2 Å². The van der Waals surface area contributed by atoms with Gasteiger partial charge in [-0.3, -0.25) is 9.59 Å². The molecule has 1 heterocycles. The Morgan fingerprint density at radius 2 is 2.13 bits per heavy atom. The molecule has 1 aromatic carbocycles. The van der Waals surface area contributed by atoms with Crippen molar-refractivity contribution in [2.45, 2.75) is 31.7 Å².